The maximum absolute atomic E-state index is 13.4. The van der Waals surface area contributed by atoms with Crippen molar-refractivity contribution < 1.29 is 22.8 Å². The monoisotopic (exact) mass is 272 g/mol. The van der Waals surface area contributed by atoms with Gasteiger partial charge in [-0.15, -0.1) is 0 Å². The van der Waals surface area contributed by atoms with Gasteiger partial charge in [-0.25, -0.2) is 13.2 Å². The van der Waals surface area contributed by atoms with E-state index in [2.05, 4.69) is 10.6 Å². The van der Waals surface area contributed by atoms with Crippen LogP contribution in [-0.4, -0.2) is 24.4 Å². The van der Waals surface area contributed by atoms with Crippen molar-refractivity contribution in [2.24, 2.45) is 0 Å². The minimum atomic E-state index is -1.25. The lowest BCUT2D eigenvalue weighted by atomic mass is 10.1. The molecule has 1 unspecified atom stereocenters. The molecule has 0 saturated carbocycles. The SMILES string of the molecule is O=C1CCC(NC(=O)c2c(F)cc(F)cc2F)CN1. The first-order chi connectivity index (χ1) is 8.97. The fourth-order valence-corrected chi connectivity index (χ4v) is 1.87. The third-order valence-electron chi connectivity index (χ3n) is 2.83. The Hall–Kier alpha value is -2.05. The molecule has 1 aromatic rings. The fourth-order valence-electron chi connectivity index (χ4n) is 1.87. The molecule has 0 aliphatic carbocycles. The first-order valence-electron chi connectivity index (χ1n) is 5.69. The molecule has 1 aliphatic heterocycles. The van der Waals surface area contributed by atoms with Gasteiger partial charge in [0.2, 0.25) is 5.91 Å². The largest absolute Gasteiger partial charge is 0.354 e. The molecule has 2 amide bonds. The molecule has 1 aromatic carbocycles. The molecule has 102 valence electrons. The van der Waals surface area contributed by atoms with E-state index in [0.29, 0.717) is 18.6 Å². The van der Waals surface area contributed by atoms with Crippen LogP contribution in [0.25, 0.3) is 0 Å². The maximum atomic E-state index is 13.4. The molecular formula is C12H11F3N2O2. The van der Waals surface area contributed by atoms with Gasteiger partial charge in [0.25, 0.3) is 5.91 Å². The number of halogens is 3. The van der Waals surface area contributed by atoms with Crippen molar-refractivity contribution in [3.8, 4) is 0 Å². The highest BCUT2D eigenvalue weighted by atomic mass is 19.1. The van der Waals surface area contributed by atoms with Crippen molar-refractivity contribution >= 4 is 11.8 Å². The van der Waals surface area contributed by atoms with Gasteiger partial charge >= 0.3 is 0 Å². The summed E-state index contributed by atoms with van der Waals surface area (Å²) >= 11 is 0. The second kappa shape index (κ2) is 5.29. The van der Waals surface area contributed by atoms with Crippen LogP contribution in [0.1, 0.15) is 23.2 Å². The van der Waals surface area contributed by atoms with Gasteiger partial charge in [0.15, 0.2) is 0 Å². The van der Waals surface area contributed by atoms with Crippen molar-refractivity contribution in [3.05, 3.63) is 35.1 Å². The van der Waals surface area contributed by atoms with Crippen molar-refractivity contribution in [2.75, 3.05) is 6.54 Å². The van der Waals surface area contributed by atoms with E-state index in [9.17, 15) is 22.8 Å². The Balaban J connectivity index is 2.10. The first-order valence-corrected chi connectivity index (χ1v) is 5.69. The van der Waals surface area contributed by atoms with E-state index in [1.807, 2.05) is 0 Å². The number of carbonyl (C=O) groups is 2. The summed E-state index contributed by atoms with van der Waals surface area (Å²) in [5, 5.41) is 4.93. The minimum absolute atomic E-state index is 0.135. The molecule has 7 heteroatoms. The van der Waals surface area contributed by atoms with E-state index in [4.69, 9.17) is 0 Å². The summed E-state index contributed by atoms with van der Waals surface area (Å²) in [6, 6.07) is 0.496. The smallest absolute Gasteiger partial charge is 0.257 e. The number of hydrogen-bond donors (Lipinski definition) is 2. The van der Waals surface area contributed by atoms with Crippen molar-refractivity contribution in [1.82, 2.24) is 10.6 Å². The summed E-state index contributed by atoms with van der Waals surface area (Å²) in [4.78, 5) is 22.6. The van der Waals surface area contributed by atoms with Gasteiger partial charge in [0.1, 0.15) is 23.0 Å². The Morgan fingerprint density at radius 1 is 1.26 bits per heavy atom. The summed E-state index contributed by atoms with van der Waals surface area (Å²) < 4.78 is 39.4. The average molecular weight is 272 g/mol. The first kappa shape index (κ1) is 13.4. The number of hydrogen-bond acceptors (Lipinski definition) is 2. The number of rotatable bonds is 2. The third-order valence-corrected chi connectivity index (χ3v) is 2.83. The van der Waals surface area contributed by atoms with Gasteiger partial charge in [-0.3, -0.25) is 9.59 Å². The highest BCUT2D eigenvalue weighted by Gasteiger charge is 2.24. The van der Waals surface area contributed by atoms with Crippen LogP contribution in [-0.2, 0) is 4.79 Å². The molecule has 0 aromatic heterocycles. The van der Waals surface area contributed by atoms with Crippen LogP contribution >= 0.6 is 0 Å². The van der Waals surface area contributed by atoms with Gasteiger partial charge in [-0.2, -0.15) is 0 Å². The van der Waals surface area contributed by atoms with Crippen LogP contribution in [0.4, 0.5) is 13.2 Å². The van der Waals surface area contributed by atoms with Crippen LogP contribution in [0.15, 0.2) is 12.1 Å². The van der Waals surface area contributed by atoms with Crippen LogP contribution in [0, 0.1) is 17.5 Å². The zero-order valence-corrected chi connectivity index (χ0v) is 9.80. The Morgan fingerprint density at radius 3 is 2.42 bits per heavy atom. The molecule has 0 bridgehead atoms. The molecule has 1 aliphatic rings. The van der Waals surface area contributed by atoms with E-state index in [0.717, 1.165) is 0 Å². The number of carbonyl (C=O) groups excluding carboxylic acids is 2. The fraction of sp³-hybridized carbons (Fsp3) is 0.333. The van der Waals surface area contributed by atoms with Crippen molar-refractivity contribution in [3.63, 3.8) is 0 Å². The van der Waals surface area contributed by atoms with Crippen LogP contribution in [0.2, 0.25) is 0 Å². The van der Waals surface area contributed by atoms with E-state index in [1.165, 1.54) is 0 Å². The zero-order chi connectivity index (χ0) is 14.0. The van der Waals surface area contributed by atoms with E-state index in [-0.39, 0.29) is 18.9 Å². The highest BCUT2D eigenvalue weighted by Crippen LogP contribution is 2.15. The van der Waals surface area contributed by atoms with Gasteiger partial charge < -0.3 is 10.6 Å². The van der Waals surface area contributed by atoms with Crippen molar-refractivity contribution in [1.29, 1.82) is 0 Å². The molecule has 2 rings (SSSR count). The van der Waals surface area contributed by atoms with Crippen LogP contribution in [0.5, 0.6) is 0 Å². The number of amides is 2. The molecule has 2 N–H and O–H groups in total. The van der Waals surface area contributed by atoms with Gasteiger partial charge in [-0.05, 0) is 6.42 Å². The standard InChI is InChI=1S/C12H11F3N2O2/c13-6-3-8(14)11(9(15)4-6)12(19)17-7-1-2-10(18)16-5-7/h3-4,7H,1-2,5H2,(H,16,18)(H,17,19). The van der Waals surface area contributed by atoms with Crippen LogP contribution < -0.4 is 10.6 Å². The molecular weight excluding hydrogens is 261 g/mol. The summed E-state index contributed by atoms with van der Waals surface area (Å²) in [5.41, 5.74) is -0.821. The highest BCUT2D eigenvalue weighted by molar-refractivity contribution is 5.95. The van der Waals surface area contributed by atoms with Gasteiger partial charge in [0.05, 0.1) is 0 Å². The van der Waals surface area contributed by atoms with Gasteiger partial charge in [0, 0.05) is 31.1 Å². The lowest BCUT2D eigenvalue weighted by Crippen LogP contribution is -2.48. The normalized spacial score (nSPS) is 18.9. The van der Waals surface area contributed by atoms with E-state index >= 15 is 0 Å². The van der Waals surface area contributed by atoms with Gasteiger partial charge in [-0.1, -0.05) is 0 Å². The molecule has 1 saturated heterocycles. The average Bonchev–Trinajstić information content (AvgIpc) is 2.30. The molecule has 1 fully saturated rings. The summed E-state index contributed by atoms with van der Waals surface area (Å²) in [5.74, 6) is -4.69. The second-order valence-corrected chi connectivity index (χ2v) is 4.26. The Labute approximate surface area is 107 Å². The van der Waals surface area contributed by atoms with Crippen LogP contribution in [0.3, 0.4) is 0 Å². The maximum Gasteiger partial charge on any atom is 0.257 e. The topological polar surface area (TPSA) is 58.2 Å². The zero-order valence-electron chi connectivity index (χ0n) is 9.80. The lowest BCUT2D eigenvalue weighted by molar-refractivity contribution is -0.122. The summed E-state index contributed by atoms with van der Waals surface area (Å²) in [6.07, 6.45) is 0.626. The van der Waals surface area contributed by atoms with Crippen molar-refractivity contribution in [2.45, 2.75) is 18.9 Å². The number of benzene rings is 1. The molecule has 1 atom stereocenters. The summed E-state index contributed by atoms with van der Waals surface area (Å²) in [6.45, 7) is 0.203. The number of piperidine rings is 1. The lowest BCUT2D eigenvalue weighted by Gasteiger charge is -2.23. The summed E-state index contributed by atoms with van der Waals surface area (Å²) in [7, 11) is 0. The Morgan fingerprint density at radius 2 is 1.89 bits per heavy atom. The molecule has 4 nitrogen and oxygen atoms in total. The number of nitrogens with one attached hydrogen (secondary N) is 2. The molecule has 0 radical (unpaired) electrons. The predicted octanol–water partition coefficient (Wildman–Crippen LogP) is 1.11. The third kappa shape index (κ3) is 3.04. The minimum Gasteiger partial charge on any atom is -0.354 e. The Bertz CT molecular complexity index is 501. The Kier molecular flexibility index (Phi) is 3.73. The molecule has 1 heterocycles. The van der Waals surface area contributed by atoms with E-state index in [1.54, 1.807) is 0 Å². The predicted molar refractivity (Wildman–Crippen MR) is 59.8 cm³/mol. The quantitative estimate of drug-likeness (QED) is 0.847. The molecule has 0 spiro atoms. The second-order valence-electron chi connectivity index (χ2n) is 4.26. The van der Waals surface area contributed by atoms with E-state index < -0.39 is 35.0 Å². The molecule has 19 heavy (non-hydrogen) atoms.